The SMILES string of the molecule is Cc1cc2ccccc2[cH-]1.Cc1cc2ccccc2[cH-]1.[CH2-]C[CH-]C.[Cl-].[Cl-].[Zr+2]. The molecule has 4 aromatic rings. The van der Waals surface area contributed by atoms with Crippen LogP contribution in [0.3, 0.4) is 0 Å². The van der Waals surface area contributed by atoms with E-state index in [1.165, 1.54) is 32.7 Å². The van der Waals surface area contributed by atoms with Gasteiger partial charge in [0.25, 0.3) is 0 Å². The molecule has 0 nitrogen and oxygen atoms in total. The molecular formula is C24H26Cl2Zr-4. The molecule has 3 heteroatoms. The van der Waals surface area contributed by atoms with Crippen molar-refractivity contribution in [1.29, 1.82) is 0 Å². The summed E-state index contributed by atoms with van der Waals surface area (Å²) >= 11 is 0. The van der Waals surface area contributed by atoms with Crippen molar-refractivity contribution in [1.82, 2.24) is 0 Å². The molecule has 0 aliphatic rings. The number of benzene rings is 2. The second kappa shape index (κ2) is 15.1. The van der Waals surface area contributed by atoms with Gasteiger partial charge in [-0.15, -0.1) is 81.2 Å². The molecule has 4 rings (SSSR count). The third-order valence-electron chi connectivity index (χ3n) is 3.81. The van der Waals surface area contributed by atoms with Gasteiger partial charge in [0.2, 0.25) is 0 Å². The van der Waals surface area contributed by atoms with E-state index in [0.29, 0.717) is 0 Å². The molecule has 0 amide bonds. The van der Waals surface area contributed by atoms with Gasteiger partial charge in [-0.1, -0.05) is 26.0 Å². The molecule has 0 N–H and O–H groups in total. The van der Waals surface area contributed by atoms with E-state index in [2.05, 4.69) is 93.6 Å². The zero-order valence-corrected chi connectivity index (χ0v) is 20.1. The minimum Gasteiger partial charge on any atom is -1.00 e. The maximum absolute atomic E-state index is 3.55. The van der Waals surface area contributed by atoms with Gasteiger partial charge in [0.1, 0.15) is 0 Å². The van der Waals surface area contributed by atoms with E-state index in [1.807, 2.05) is 13.3 Å². The monoisotopic (exact) mass is 474 g/mol. The average Bonchev–Trinajstić information content (AvgIpc) is 3.15. The molecule has 27 heavy (non-hydrogen) atoms. The van der Waals surface area contributed by atoms with Gasteiger partial charge < -0.3 is 44.6 Å². The van der Waals surface area contributed by atoms with Crippen molar-refractivity contribution in [3.05, 3.63) is 97.3 Å². The van der Waals surface area contributed by atoms with Gasteiger partial charge in [0.05, 0.1) is 0 Å². The van der Waals surface area contributed by atoms with Gasteiger partial charge in [0.15, 0.2) is 0 Å². The van der Waals surface area contributed by atoms with E-state index in [1.54, 1.807) is 0 Å². The van der Waals surface area contributed by atoms with Crippen molar-refractivity contribution < 1.29 is 51.0 Å². The number of halogens is 2. The molecule has 0 bridgehead atoms. The van der Waals surface area contributed by atoms with Crippen molar-refractivity contribution in [2.24, 2.45) is 0 Å². The number of hydrogen-bond acceptors (Lipinski definition) is 0. The van der Waals surface area contributed by atoms with E-state index in [-0.39, 0.29) is 51.0 Å². The Hall–Kier alpha value is -0.877. The molecule has 0 aromatic heterocycles. The van der Waals surface area contributed by atoms with Crippen LogP contribution in [0.15, 0.2) is 72.8 Å². The van der Waals surface area contributed by atoms with Gasteiger partial charge in [-0.05, 0) is 0 Å². The predicted molar refractivity (Wildman–Crippen MR) is 109 cm³/mol. The Morgan fingerprint density at radius 2 is 1.11 bits per heavy atom. The van der Waals surface area contributed by atoms with Gasteiger partial charge in [-0.3, -0.25) is 0 Å². The zero-order chi connectivity index (χ0) is 17.4. The number of rotatable bonds is 1. The molecular weight excluding hydrogens is 450 g/mol. The Kier molecular flexibility index (Phi) is 15.8. The molecule has 0 saturated heterocycles. The third kappa shape index (κ3) is 9.24. The fourth-order valence-electron chi connectivity index (χ4n) is 2.61. The second-order valence-corrected chi connectivity index (χ2v) is 6.02. The van der Waals surface area contributed by atoms with Gasteiger partial charge in [0, 0.05) is 0 Å². The van der Waals surface area contributed by atoms with Crippen molar-refractivity contribution in [3.63, 3.8) is 0 Å². The molecule has 0 atom stereocenters. The van der Waals surface area contributed by atoms with Crippen LogP contribution in [-0.2, 0) is 26.2 Å². The van der Waals surface area contributed by atoms with Crippen LogP contribution < -0.4 is 24.8 Å². The van der Waals surface area contributed by atoms with Crippen LogP contribution in [0, 0.1) is 27.2 Å². The molecule has 0 saturated carbocycles. The van der Waals surface area contributed by atoms with Gasteiger partial charge in [-0.25, -0.2) is 0 Å². The number of aryl methyl sites for hydroxylation is 2. The van der Waals surface area contributed by atoms with Crippen LogP contribution in [0.2, 0.25) is 0 Å². The van der Waals surface area contributed by atoms with Gasteiger partial charge in [-0.2, -0.15) is 19.1 Å². The Morgan fingerprint density at radius 3 is 1.41 bits per heavy atom. The summed E-state index contributed by atoms with van der Waals surface area (Å²) < 4.78 is 0. The van der Waals surface area contributed by atoms with Crippen LogP contribution in [0.25, 0.3) is 21.5 Å². The molecule has 0 spiro atoms. The summed E-state index contributed by atoms with van der Waals surface area (Å²) in [4.78, 5) is 0. The molecule has 0 aliphatic heterocycles. The first-order chi connectivity index (χ1) is 11.6. The summed E-state index contributed by atoms with van der Waals surface area (Å²) in [6, 6.07) is 25.7. The topological polar surface area (TPSA) is 0 Å². The number of fused-ring (bicyclic) bond motifs is 2. The number of unbranched alkanes of at least 4 members (excludes halogenated alkanes) is 1. The van der Waals surface area contributed by atoms with E-state index >= 15 is 0 Å². The summed E-state index contributed by atoms with van der Waals surface area (Å²) in [6.07, 6.45) is 2.96. The molecule has 0 fully saturated rings. The second-order valence-electron chi connectivity index (χ2n) is 6.02. The normalized spacial score (nSPS) is 8.89. The van der Waals surface area contributed by atoms with E-state index in [0.717, 1.165) is 6.42 Å². The Morgan fingerprint density at radius 1 is 0.778 bits per heavy atom. The van der Waals surface area contributed by atoms with E-state index in [4.69, 9.17) is 0 Å². The maximum atomic E-state index is 3.55. The minimum absolute atomic E-state index is 0. The molecule has 0 radical (unpaired) electrons. The zero-order valence-electron chi connectivity index (χ0n) is 16.2. The third-order valence-corrected chi connectivity index (χ3v) is 3.81. The van der Waals surface area contributed by atoms with Crippen molar-refractivity contribution >= 4 is 21.5 Å². The first-order valence-electron chi connectivity index (χ1n) is 8.45. The van der Waals surface area contributed by atoms with E-state index in [9.17, 15) is 0 Å². The quantitative estimate of drug-likeness (QED) is 0.362. The minimum atomic E-state index is 0. The predicted octanol–water partition coefficient (Wildman–Crippen LogP) is 1.17. The summed E-state index contributed by atoms with van der Waals surface area (Å²) in [5, 5.41) is 5.39. The fourth-order valence-corrected chi connectivity index (χ4v) is 2.61. The number of hydrogen-bond donors (Lipinski definition) is 0. The smallest absolute Gasteiger partial charge is 1.00 e. The van der Waals surface area contributed by atoms with E-state index < -0.39 is 0 Å². The average molecular weight is 477 g/mol. The van der Waals surface area contributed by atoms with Crippen molar-refractivity contribution in [3.8, 4) is 0 Å². The first-order valence-corrected chi connectivity index (χ1v) is 8.45. The Balaban J connectivity index is 0. The summed E-state index contributed by atoms with van der Waals surface area (Å²) in [5.41, 5.74) is 2.70. The molecule has 0 heterocycles. The van der Waals surface area contributed by atoms with Crippen molar-refractivity contribution in [2.75, 3.05) is 0 Å². The summed E-state index contributed by atoms with van der Waals surface area (Å²) in [5.74, 6) is 0. The fraction of sp³-hybridized carbons (Fsp3) is 0.167. The van der Waals surface area contributed by atoms with Crippen LogP contribution in [0.4, 0.5) is 0 Å². The molecule has 0 aliphatic carbocycles. The van der Waals surface area contributed by atoms with Gasteiger partial charge >= 0.3 is 26.2 Å². The van der Waals surface area contributed by atoms with Crippen LogP contribution >= 0.6 is 0 Å². The Labute approximate surface area is 196 Å². The van der Waals surface area contributed by atoms with Crippen LogP contribution in [0.1, 0.15) is 24.5 Å². The first kappa shape index (κ1) is 28.3. The standard InChI is InChI=1S/2C10H9.C4H8.2ClH.Zr/c2*1-8-6-9-4-2-3-5-10(9)7-8;1-3-4-2;;;/h2*2-7H,1H3;4H,1,3H2,2H3;2*1H;/q2*-1;-2;;;+2/p-2. The molecule has 4 aromatic carbocycles. The van der Waals surface area contributed by atoms with Crippen LogP contribution in [0.5, 0.6) is 0 Å². The molecule has 144 valence electrons. The molecule has 0 unspecified atom stereocenters. The van der Waals surface area contributed by atoms with Crippen molar-refractivity contribution in [2.45, 2.75) is 27.2 Å². The summed E-state index contributed by atoms with van der Waals surface area (Å²) in [7, 11) is 0. The summed E-state index contributed by atoms with van der Waals surface area (Å²) in [6.45, 7) is 9.79. The Bertz CT molecular complexity index is 734. The van der Waals surface area contributed by atoms with Crippen LogP contribution in [-0.4, -0.2) is 0 Å². The largest absolute Gasteiger partial charge is 2.00 e. The maximum Gasteiger partial charge on any atom is 2.00 e.